The SMILES string of the molecule is CCNC(=NCc1ccc(N2CC(C)OC(C)C2)nc1)NC(C)C(C)C. The van der Waals surface area contributed by atoms with Crippen LogP contribution in [0.25, 0.3) is 0 Å². The van der Waals surface area contributed by atoms with Gasteiger partial charge in [0.2, 0.25) is 0 Å². The van der Waals surface area contributed by atoms with Crippen molar-refractivity contribution < 1.29 is 4.74 Å². The van der Waals surface area contributed by atoms with Gasteiger partial charge in [0.25, 0.3) is 0 Å². The summed E-state index contributed by atoms with van der Waals surface area (Å²) in [5.41, 5.74) is 1.11. The van der Waals surface area contributed by atoms with E-state index in [0.29, 0.717) is 18.5 Å². The smallest absolute Gasteiger partial charge is 0.191 e. The van der Waals surface area contributed by atoms with Crippen LogP contribution >= 0.6 is 0 Å². The summed E-state index contributed by atoms with van der Waals surface area (Å²) in [4.78, 5) is 11.6. The molecule has 3 atom stereocenters. The molecule has 146 valence electrons. The molecule has 0 aliphatic carbocycles. The Morgan fingerprint density at radius 2 is 1.96 bits per heavy atom. The second-order valence-electron chi connectivity index (χ2n) is 7.56. The fourth-order valence-corrected chi connectivity index (χ4v) is 2.93. The molecule has 0 aromatic carbocycles. The zero-order valence-corrected chi connectivity index (χ0v) is 17.1. The second kappa shape index (κ2) is 9.76. The molecule has 6 heteroatoms. The fraction of sp³-hybridized carbons (Fsp3) is 0.700. The molecule has 0 spiro atoms. The number of aliphatic imine (C=N–C) groups is 1. The van der Waals surface area contributed by atoms with E-state index in [-0.39, 0.29) is 12.2 Å². The first-order valence-corrected chi connectivity index (χ1v) is 9.79. The maximum absolute atomic E-state index is 5.80. The molecular formula is C20H35N5O. The van der Waals surface area contributed by atoms with Crippen LogP contribution in [0.4, 0.5) is 5.82 Å². The van der Waals surface area contributed by atoms with E-state index in [1.165, 1.54) is 0 Å². The number of ether oxygens (including phenoxy) is 1. The number of nitrogens with zero attached hydrogens (tertiary/aromatic N) is 3. The van der Waals surface area contributed by atoms with Crippen LogP contribution in [-0.2, 0) is 11.3 Å². The highest BCUT2D eigenvalue weighted by molar-refractivity contribution is 5.80. The van der Waals surface area contributed by atoms with Gasteiger partial charge in [0, 0.05) is 31.9 Å². The van der Waals surface area contributed by atoms with Gasteiger partial charge in [-0.3, -0.25) is 0 Å². The molecule has 2 heterocycles. The Kier molecular flexibility index (Phi) is 7.69. The highest BCUT2D eigenvalue weighted by Gasteiger charge is 2.22. The third-order valence-corrected chi connectivity index (χ3v) is 4.68. The zero-order valence-electron chi connectivity index (χ0n) is 17.1. The van der Waals surface area contributed by atoms with Gasteiger partial charge < -0.3 is 20.3 Å². The zero-order chi connectivity index (χ0) is 19.1. The third-order valence-electron chi connectivity index (χ3n) is 4.68. The first-order chi connectivity index (χ1) is 12.4. The van der Waals surface area contributed by atoms with Gasteiger partial charge in [-0.2, -0.15) is 0 Å². The van der Waals surface area contributed by atoms with Gasteiger partial charge in [-0.15, -0.1) is 0 Å². The number of anilines is 1. The number of pyridine rings is 1. The minimum atomic E-state index is 0.238. The van der Waals surface area contributed by atoms with Gasteiger partial charge in [-0.25, -0.2) is 9.98 Å². The Hall–Kier alpha value is -1.82. The monoisotopic (exact) mass is 361 g/mol. The third kappa shape index (κ3) is 6.16. The number of hydrogen-bond acceptors (Lipinski definition) is 4. The van der Waals surface area contributed by atoms with Crippen LogP contribution < -0.4 is 15.5 Å². The molecule has 0 amide bonds. The summed E-state index contributed by atoms with van der Waals surface area (Å²) < 4.78 is 5.80. The molecule has 0 bridgehead atoms. The molecule has 1 saturated heterocycles. The van der Waals surface area contributed by atoms with Crippen molar-refractivity contribution in [2.45, 2.75) is 66.3 Å². The van der Waals surface area contributed by atoms with E-state index in [0.717, 1.165) is 37.0 Å². The van der Waals surface area contributed by atoms with Crippen molar-refractivity contribution in [2.75, 3.05) is 24.5 Å². The van der Waals surface area contributed by atoms with Crippen molar-refractivity contribution in [1.82, 2.24) is 15.6 Å². The number of rotatable bonds is 6. The molecule has 1 aromatic heterocycles. The van der Waals surface area contributed by atoms with Crippen molar-refractivity contribution in [3.8, 4) is 0 Å². The van der Waals surface area contributed by atoms with E-state index in [4.69, 9.17) is 9.73 Å². The summed E-state index contributed by atoms with van der Waals surface area (Å²) in [5, 5.41) is 6.76. The van der Waals surface area contributed by atoms with Crippen LogP contribution in [0, 0.1) is 5.92 Å². The predicted molar refractivity (Wildman–Crippen MR) is 109 cm³/mol. The molecule has 6 nitrogen and oxygen atoms in total. The lowest BCUT2D eigenvalue weighted by atomic mass is 10.1. The van der Waals surface area contributed by atoms with Crippen molar-refractivity contribution in [1.29, 1.82) is 0 Å². The molecule has 0 radical (unpaired) electrons. The molecule has 2 N–H and O–H groups in total. The molecule has 3 unspecified atom stereocenters. The molecule has 1 aromatic rings. The van der Waals surface area contributed by atoms with E-state index in [2.05, 4.69) is 74.2 Å². The first kappa shape index (κ1) is 20.5. The molecule has 1 fully saturated rings. The number of guanidine groups is 1. The van der Waals surface area contributed by atoms with Crippen LogP contribution in [0.1, 0.15) is 47.1 Å². The first-order valence-electron chi connectivity index (χ1n) is 9.79. The Morgan fingerprint density at radius 3 is 2.50 bits per heavy atom. The van der Waals surface area contributed by atoms with Gasteiger partial charge in [0.1, 0.15) is 5.82 Å². The van der Waals surface area contributed by atoms with Crippen LogP contribution in [0.2, 0.25) is 0 Å². The quantitative estimate of drug-likeness (QED) is 0.603. The molecule has 1 aliphatic rings. The number of nitrogens with one attached hydrogen (secondary N) is 2. The number of morpholine rings is 1. The minimum absolute atomic E-state index is 0.238. The molecular weight excluding hydrogens is 326 g/mol. The van der Waals surface area contributed by atoms with Gasteiger partial charge in [-0.1, -0.05) is 19.9 Å². The second-order valence-corrected chi connectivity index (χ2v) is 7.56. The van der Waals surface area contributed by atoms with Crippen molar-refractivity contribution in [3.05, 3.63) is 23.9 Å². The fourth-order valence-electron chi connectivity index (χ4n) is 2.93. The van der Waals surface area contributed by atoms with Crippen molar-refractivity contribution in [3.63, 3.8) is 0 Å². The molecule has 0 saturated carbocycles. The van der Waals surface area contributed by atoms with E-state index < -0.39 is 0 Å². The standard InChI is InChI=1S/C20H35N5O/c1-7-21-20(24-17(6)14(2)3)23-11-18-8-9-19(22-10-18)25-12-15(4)26-16(5)13-25/h8-10,14-17H,7,11-13H2,1-6H3,(H2,21,23,24). The molecule has 1 aliphatic heterocycles. The topological polar surface area (TPSA) is 61.8 Å². The van der Waals surface area contributed by atoms with Crippen LogP contribution in [0.15, 0.2) is 23.3 Å². The highest BCUT2D eigenvalue weighted by atomic mass is 16.5. The Labute approximate surface area is 158 Å². The maximum Gasteiger partial charge on any atom is 0.191 e. The van der Waals surface area contributed by atoms with E-state index in [9.17, 15) is 0 Å². The lowest BCUT2D eigenvalue weighted by Gasteiger charge is -2.36. The summed E-state index contributed by atoms with van der Waals surface area (Å²) >= 11 is 0. The van der Waals surface area contributed by atoms with Crippen molar-refractivity contribution >= 4 is 11.8 Å². The molecule has 2 rings (SSSR count). The lowest BCUT2D eigenvalue weighted by Crippen LogP contribution is -2.45. The van der Waals surface area contributed by atoms with E-state index in [1.54, 1.807) is 0 Å². The van der Waals surface area contributed by atoms with E-state index in [1.807, 2.05) is 6.20 Å². The Morgan fingerprint density at radius 1 is 1.27 bits per heavy atom. The normalized spacial score (nSPS) is 22.4. The maximum atomic E-state index is 5.80. The van der Waals surface area contributed by atoms with Crippen LogP contribution in [0.5, 0.6) is 0 Å². The van der Waals surface area contributed by atoms with Crippen LogP contribution in [-0.4, -0.2) is 48.8 Å². The van der Waals surface area contributed by atoms with Crippen molar-refractivity contribution in [2.24, 2.45) is 10.9 Å². The summed E-state index contributed by atoms with van der Waals surface area (Å²) in [5.74, 6) is 2.42. The average molecular weight is 362 g/mol. The lowest BCUT2D eigenvalue weighted by molar-refractivity contribution is -0.00545. The Balaban J connectivity index is 1.98. The Bertz CT molecular complexity index is 562. The predicted octanol–water partition coefficient (Wildman–Crippen LogP) is 2.79. The van der Waals surface area contributed by atoms with Gasteiger partial charge >= 0.3 is 0 Å². The summed E-state index contributed by atoms with van der Waals surface area (Å²) in [6, 6.07) is 4.58. The number of hydrogen-bond donors (Lipinski definition) is 2. The van der Waals surface area contributed by atoms with E-state index >= 15 is 0 Å². The van der Waals surface area contributed by atoms with Gasteiger partial charge in [0.05, 0.1) is 18.8 Å². The highest BCUT2D eigenvalue weighted by Crippen LogP contribution is 2.18. The summed E-state index contributed by atoms with van der Waals surface area (Å²) in [6.07, 6.45) is 2.40. The largest absolute Gasteiger partial charge is 0.372 e. The van der Waals surface area contributed by atoms with Gasteiger partial charge in [-0.05, 0) is 45.2 Å². The minimum Gasteiger partial charge on any atom is -0.372 e. The van der Waals surface area contributed by atoms with Gasteiger partial charge in [0.15, 0.2) is 5.96 Å². The summed E-state index contributed by atoms with van der Waals surface area (Å²) in [7, 11) is 0. The summed E-state index contributed by atoms with van der Waals surface area (Å²) in [6.45, 7) is 16.1. The van der Waals surface area contributed by atoms with Crippen LogP contribution in [0.3, 0.4) is 0 Å². The number of aromatic nitrogens is 1. The molecule has 26 heavy (non-hydrogen) atoms. The average Bonchev–Trinajstić information content (AvgIpc) is 2.59.